The molecule has 2 nitrogen and oxygen atoms in total. The smallest absolute Gasteiger partial charge is 0.384 e. The van der Waals surface area contributed by atoms with Gasteiger partial charge in [-0.2, -0.15) is 12.1 Å². The summed E-state index contributed by atoms with van der Waals surface area (Å²) in [6, 6.07) is 11.9. The summed E-state index contributed by atoms with van der Waals surface area (Å²) in [4.78, 5) is 8.55. The van der Waals surface area contributed by atoms with Crippen molar-refractivity contribution in [1.29, 1.82) is 0 Å². The number of hydrogen-bond acceptors (Lipinski definition) is 2. The monoisotopic (exact) mass is 218 g/mol. The van der Waals surface area contributed by atoms with Gasteiger partial charge in [-0.15, -0.1) is 5.39 Å². The Kier molecular flexibility index (Phi) is 3.48. The Hall–Kier alpha value is -0.324. The minimum Gasteiger partial charge on any atom is -0.384 e. The predicted octanol–water partition coefficient (Wildman–Crippen LogP) is -0.413. The van der Waals surface area contributed by atoms with Gasteiger partial charge in [-0.1, -0.05) is 24.4 Å². The summed E-state index contributed by atoms with van der Waals surface area (Å²) in [6.45, 7) is 0. The Morgan fingerprint density at radius 2 is 1.73 bits per heavy atom. The summed E-state index contributed by atoms with van der Waals surface area (Å²) in [6.07, 6.45) is 4.63. The minimum atomic E-state index is 0. The Labute approximate surface area is 130 Å². The van der Waals surface area contributed by atoms with Crippen molar-refractivity contribution in [2.75, 3.05) is 0 Å². The second kappa shape index (κ2) is 4.68. The van der Waals surface area contributed by atoms with Crippen LogP contribution in [0.15, 0.2) is 42.6 Å². The Bertz CT molecular complexity index is 553. The summed E-state index contributed by atoms with van der Waals surface area (Å²) < 4.78 is 0. The van der Waals surface area contributed by atoms with E-state index < -0.39 is 0 Å². The number of fused-ring (bicyclic) bond motifs is 3. The van der Waals surface area contributed by atoms with Crippen LogP contribution in [0, 0.1) is 6.20 Å². The number of benzene rings is 1. The normalized spacial score (nSPS) is 10.1. The molecule has 2 heterocycles. The van der Waals surface area contributed by atoms with Crippen molar-refractivity contribution in [3.05, 3.63) is 48.8 Å². The topological polar surface area (TPSA) is 25.8 Å². The molecule has 0 saturated carbocycles. The first-order valence-electron chi connectivity index (χ1n) is 4.46. The van der Waals surface area contributed by atoms with Crippen LogP contribution in [-0.2, 0) is 0 Å². The fraction of sp³-hybridized carbons (Fsp3) is 0. The van der Waals surface area contributed by atoms with Gasteiger partial charge < -0.3 is 4.98 Å². The molecular formula is C12H7KN2. The van der Waals surface area contributed by atoms with Gasteiger partial charge >= 0.3 is 51.4 Å². The number of nitrogens with zero attached hydrogens (tertiary/aromatic N) is 2. The molecule has 1 aromatic carbocycles. The maximum Gasteiger partial charge on any atom is 1.00 e. The van der Waals surface area contributed by atoms with E-state index in [0.29, 0.717) is 0 Å². The van der Waals surface area contributed by atoms with E-state index in [-0.39, 0.29) is 51.4 Å². The van der Waals surface area contributed by atoms with E-state index in [0.717, 1.165) is 21.8 Å². The number of rotatable bonds is 0. The van der Waals surface area contributed by atoms with Gasteiger partial charge in [-0.05, 0) is 17.0 Å². The second-order valence-corrected chi connectivity index (χ2v) is 3.15. The van der Waals surface area contributed by atoms with Crippen molar-refractivity contribution in [1.82, 2.24) is 9.97 Å². The quantitative estimate of drug-likeness (QED) is 0.291. The van der Waals surface area contributed by atoms with Crippen molar-refractivity contribution in [2.24, 2.45) is 0 Å². The molecule has 0 aliphatic heterocycles. The van der Waals surface area contributed by atoms with Crippen LogP contribution in [0.1, 0.15) is 0 Å². The molecule has 0 saturated heterocycles. The molecule has 0 aliphatic rings. The van der Waals surface area contributed by atoms with Crippen LogP contribution >= 0.6 is 0 Å². The average molecular weight is 218 g/mol. The molecule has 0 bridgehead atoms. The van der Waals surface area contributed by atoms with Crippen LogP contribution in [-0.4, -0.2) is 9.97 Å². The van der Waals surface area contributed by atoms with Crippen LogP contribution in [0.3, 0.4) is 0 Å². The summed E-state index contributed by atoms with van der Waals surface area (Å²) in [5.74, 6) is 0. The maximum absolute atomic E-state index is 4.33. The Morgan fingerprint density at radius 3 is 2.60 bits per heavy atom. The van der Waals surface area contributed by atoms with Gasteiger partial charge in [-0.25, -0.2) is 0 Å². The predicted molar refractivity (Wildman–Crippen MR) is 55.9 cm³/mol. The fourth-order valence-corrected chi connectivity index (χ4v) is 1.63. The van der Waals surface area contributed by atoms with Gasteiger partial charge in [0.05, 0.1) is 0 Å². The molecule has 0 unspecified atom stereocenters. The van der Waals surface area contributed by atoms with Crippen molar-refractivity contribution in [3.8, 4) is 0 Å². The molecule has 3 heteroatoms. The summed E-state index contributed by atoms with van der Waals surface area (Å²) in [5, 5.41) is 2.22. The molecule has 3 rings (SSSR count). The van der Waals surface area contributed by atoms with Crippen molar-refractivity contribution in [2.45, 2.75) is 0 Å². The summed E-state index contributed by atoms with van der Waals surface area (Å²) >= 11 is 0. The third-order valence-electron chi connectivity index (χ3n) is 2.29. The Morgan fingerprint density at radius 1 is 0.933 bits per heavy atom. The van der Waals surface area contributed by atoms with Gasteiger partial charge in [0.25, 0.3) is 0 Å². The van der Waals surface area contributed by atoms with E-state index in [1.807, 2.05) is 24.3 Å². The van der Waals surface area contributed by atoms with Gasteiger partial charge in [0.2, 0.25) is 0 Å². The zero-order chi connectivity index (χ0) is 9.38. The Balaban J connectivity index is 0.000000853. The van der Waals surface area contributed by atoms with Crippen molar-refractivity contribution < 1.29 is 51.4 Å². The van der Waals surface area contributed by atoms with Gasteiger partial charge in [0.15, 0.2) is 0 Å². The van der Waals surface area contributed by atoms with Gasteiger partial charge in [0.1, 0.15) is 0 Å². The number of pyridine rings is 2. The van der Waals surface area contributed by atoms with Gasteiger partial charge in [-0.3, -0.25) is 4.98 Å². The van der Waals surface area contributed by atoms with Crippen LogP contribution in [0.4, 0.5) is 0 Å². The first-order valence-corrected chi connectivity index (χ1v) is 4.46. The fourth-order valence-electron chi connectivity index (χ4n) is 1.63. The average Bonchev–Trinajstić information content (AvgIpc) is 2.29. The molecular weight excluding hydrogens is 211 g/mol. The molecule has 2 aromatic heterocycles. The van der Waals surface area contributed by atoms with Crippen LogP contribution < -0.4 is 51.4 Å². The van der Waals surface area contributed by atoms with Gasteiger partial charge in [0, 0.05) is 11.7 Å². The largest absolute Gasteiger partial charge is 1.00 e. The van der Waals surface area contributed by atoms with E-state index in [1.54, 1.807) is 6.20 Å². The molecule has 0 amide bonds. The SMILES string of the molecule is [K+].[c-]1ccc2ccc3cccnc3c2n1. The van der Waals surface area contributed by atoms with Crippen molar-refractivity contribution in [3.63, 3.8) is 0 Å². The molecule has 0 fully saturated rings. The summed E-state index contributed by atoms with van der Waals surface area (Å²) in [5.41, 5.74) is 1.87. The maximum atomic E-state index is 4.33. The molecule has 0 atom stereocenters. The third-order valence-corrected chi connectivity index (χ3v) is 2.29. The van der Waals surface area contributed by atoms with E-state index >= 15 is 0 Å². The first kappa shape index (κ1) is 11.2. The van der Waals surface area contributed by atoms with Crippen LogP contribution in [0.5, 0.6) is 0 Å². The van der Waals surface area contributed by atoms with E-state index in [2.05, 4.69) is 28.3 Å². The molecule has 0 N–H and O–H groups in total. The third kappa shape index (κ3) is 1.98. The zero-order valence-electron chi connectivity index (χ0n) is 8.44. The van der Waals surface area contributed by atoms with E-state index in [4.69, 9.17) is 0 Å². The zero-order valence-corrected chi connectivity index (χ0v) is 11.6. The van der Waals surface area contributed by atoms with Crippen LogP contribution in [0.2, 0.25) is 0 Å². The second-order valence-electron chi connectivity index (χ2n) is 3.15. The van der Waals surface area contributed by atoms with E-state index in [1.165, 1.54) is 0 Å². The number of aromatic nitrogens is 2. The molecule has 0 radical (unpaired) electrons. The minimum absolute atomic E-state index is 0. The van der Waals surface area contributed by atoms with Crippen molar-refractivity contribution >= 4 is 21.8 Å². The first-order chi connectivity index (χ1) is 6.95. The molecule has 15 heavy (non-hydrogen) atoms. The molecule has 66 valence electrons. The molecule has 0 aliphatic carbocycles. The summed E-state index contributed by atoms with van der Waals surface area (Å²) in [7, 11) is 0. The standard InChI is InChI=1S/C12H7N2.K/c1-3-9-5-6-10-4-2-8-14-12(10)11(9)13-7-1;/h1-7H;/q-1;+1. The molecule has 0 spiro atoms. The van der Waals surface area contributed by atoms with Crippen LogP contribution in [0.25, 0.3) is 21.8 Å². The van der Waals surface area contributed by atoms with E-state index in [9.17, 15) is 0 Å². The number of hydrogen-bond donors (Lipinski definition) is 0. The molecule has 3 aromatic rings.